The maximum atomic E-state index is 13.0. The van der Waals surface area contributed by atoms with E-state index in [-0.39, 0.29) is 23.7 Å². The van der Waals surface area contributed by atoms with Gasteiger partial charge in [-0.05, 0) is 36.8 Å². The summed E-state index contributed by atoms with van der Waals surface area (Å²) in [4.78, 5) is 27.2. The second-order valence-corrected chi connectivity index (χ2v) is 6.41. The van der Waals surface area contributed by atoms with Gasteiger partial charge in [-0.3, -0.25) is 14.5 Å². The lowest BCUT2D eigenvalue weighted by atomic mass is 10.0. The van der Waals surface area contributed by atoms with E-state index in [1.165, 1.54) is 13.2 Å². The summed E-state index contributed by atoms with van der Waals surface area (Å²) in [6.45, 7) is 6.19. The van der Waals surface area contributed by atoms with Gasteiger partial charge >= 0.3 is 0 Å². The molecule has 0 radical (unpaired) electrons. The maximum Gasteiger partial charge on any atom is 0.278 e. The van der Waals surface area contributed by atoms with Crippen molar-refractivity contribution in [3.63, 3.8) is 0 Å². The molecular weight excluding hydrogens is 384 g/mol. The van der Waals surface area contributed by atoms with Crippen molar-refractivity contribution in [1.29, 1.82) is 0 Å². The number of imide groups is 1. The molecule has 0 atom stereocenters. The van der Waals surface area contributed by atoms with E-state index in [1.54, 1.807) is 49.6 Å². The number of hydrogen-bond donors (Lipinski definition) is 1. The molecule has 30 heavy (non-hydrogen) atoms. The molecule has 0 fully saturated rings. The van der Waals surface area contributed by atoms with Gasteiger partial charge in [-0.25, -0.2) is 0 Å². The highest BCUT2D eigenvalue weighted by atomic mass is 16.5. The standard InChI is InChI=1S/C23H24N2O5/c1-5-13-25-22(26)20(15-7-9-16(10-8-15)30-6-2)21(23(25)27)24-18-12-11-17(28-3)14-19(18)29-4/h5,7-12,14,24H,1,6,13H2,2-4H3. The number of amides is 2. The van der Waals surface area contributed by atoms with Crippen LogP contribution in [0.25, 0.3) is 5.57 Å². The molecule has 2 aromatic carbocycles. The lowest BCUT2D eigenvalue weighted by Gasteiger charge is -2.14. The fourth-order valence-electron chi connectivity index (χ4n) is 3.18. The van der Waals surface area contributed by atoms with Gasteiger partial charge in [-0.1, -0.05) is 18.2 Å². The van der Waals surface area contributed by atoms with Crippen LogP contribution >= 0.6 is 0 Å². The number of methoxy groups -OCH3 is 2. The summed E-state index contributed by atoms with van der Waals surface area (Å²) in [6, 6.07) is 12.2. The molecule has 1 aliphatic heterocycles. The quantitative estimate of drug-likeness (QED) is 0.506. The highest BCUT2D eigenvalue weighted by molar-refractivity contribution is 6.36. The number of nitrogens with zero attached hydrogens (tertiary/aromatic N) is 1. The van der Waals surface area contributed by atoms with Crippen molar-refractivity contribution in [2.75, 3.05) is 32.7 Å². The molecule has 1 heterocycles. The van der Waals surface area contributed by atoms with Crippen LogP contribution in [-0.4, -0.2) is 44.1 Å². The van der Waals surface area contributed by atoms with Crippen LogP contribution in [0.15, 0.2) is 60.8 Å². The van der Waals surface area contributed by atoms with Gasteiger partial charge in [-0.2, -0.15) is 0 Å². The summed E-state index contributed by atoms with van der Waals surface area (Å²) in [6.07, 6.45) is 1.52. The van der Waals surface area contributed by atoms with Crippen LogP contribution in [0, 0.1) is 0 Å². The van der Waals surface area contributed by atoms with Crippen LogP contribution in [0.3, 0.4) is 0 Å². The number of carbonyl (C=O) groups is 2. The van der Waals surface area contributed by atoms with E-state index in [4.69, 9.17) is 14.2 Å². The smallest absolute Gasteiger partial charge is 0.278 e. The fourth-order valence-corrected chi connectivity index (χ4v) is 3.18. The third kappa shape index (κ3) is 4.00. The predicted octanol–water partition coefficient (Wildman–Crippen LogP) is 3.48. The summed E-state index contributed by atoms with van der Waals surface area (Å²) in [5.41, 5.74) is 1.61. The molecule has 2 amide bonds. The Morgan fingerprint density at radius 1 is 1.00 bits per heavy atom. The molecule has 0 spiro atoms. The Bertz CT molecular complexity index is 995. The number of carbonyl (C=O) groups excluding carboxylic acids is 2. The van der Waals surface area contributed by atoms with Gasteiger partial charge in [0.1, 0.15) is 22.9 Å². The topological polar surface area (TPSA) is 77.1 Å². The van der Waals surface area contributed by atoms with Crippen LogP contribution < -0.4 is 19.5 Å². The van der Waals surface area contributed by atoms with Crippen LogP contribution in [0.5, 0.6) is 17.2 Å². The second-order valence-electron chi connectivity index (χ2n) is 6.41. The molecular formula is C23H24N2O5. The molecule has 0 saturated heterocycles. The molecule has 0 saturated carbocycles. The molecule has 1 aliphatic rings. The molecule has 3 rings (SSSR count). The van der Waals surface area contributed by atoms with E-state index in [1.807, 2.05) is 6.92 Å². The Morgan fingerprint density at radius 2 is 1.70 bits per heavy atom. The summed E-state index contributed by atoms with van der Waals surface area (Å²) in [7, 11) is 3.08. The number of benzene rings is 2. The van der Waals surface area contributed by atoms with Gasteiger partial charge in [0.2, 0.25) is 0 Å². The molecule has 0 aromatic heterocycles. The Balaban J connectivity index is 2.06. The summed E-state index contributed by atoms with van der Waals surface area (Å²) >= 11 is 0. The highest BCUT2D eigenvalue weighted by Crippen LogP contribution is 2.35. The van der Waals surface area contributed by atoms with Crippen molar-refractivity contribution in [2.45, 2.75) is 6.92 Å². The van der Waals surface area contributed by atoms with Gasteiger partial charge in [-0.15, -0.1) is 6.58 Å². The van der Waals surface area contributed by atoms with E-state index in [9.17, 15) is 9.59 Å². The zero-order valence-electron chi connectivity index (χ0n) is 17.2. The molecule has 156 valence electrons. The van der Waals surface area contributed by atoms with Crippen molar-refractivity contribution >= 4 is 23.1 Å². The Labute approximate surface area is 175 Å². The lowest BCUT2D eigenvalue weighted by molar-refractivity contribution is -0.136. The van der Waals surface area contributed by atoms with Crippen LogP contribution in [0.2, 0.25) is 0 Å². The predicted molar refractivity (Wildman–Crippen MR) is 115 cm³/mol. The largest absolute Gasteiger partial charge is 0.497 e. The van der Waals surface area contributed by atoms with E-state index in [0.717, 1.165) is 4.90 Å². The molecule has 1 N–H and O–H groups in total. The molecule has 7 heteroatoms. The van der Waals surface area contributed by atoms with E-state index in [0.29, 0.717) is 35.1 Å². The van der Waals surface area contributed by atoms with Crippen LogP contribution in [0.4, 0.5) is 5.69 Å². The number of hydrogen-bond acceptors (Lipinski definition) is 6. The number of ether oxygens (including phenoxy) is 3. The van der Waals surface area contributed by atoms with Crippen molar-refractivity contribution in [1.82, 2.24) is 4.90 Å². The van der Waals surface area contributed by atoms with Crippen molar-refractivity contribution in [2.24, 2.45) is 0 Å². The lowest BCUT2D eigenvalue weighted by Crippen LogP contribution is -2.32. The highest BCUT2D eigenvalue weighted by Gasteiger charge is 2.38. The maximum absolute atomic E-state index is 13.0. The molecule has 0 aliphatic carbocycles. The van der Waals surface area contributed by atoms with Gasteiger partial charge in [0.15, 0.2) is 0 Å². The number of nitrogens with one attached hydrogen (secondary N) is 1. The Hall–Kier alpha value is -3.74. The van der Waals surface area contributed by atoms with Gasteiger partial charge < -0.3 is 19.5 Å². The number of rotatable bonds is 9. The SMILES string of the molecule is C=CCN1C(=O)C(Nc2ccc(OC)cc2OC)=C(c2ccc(OCC)cc2)C1=O. The molecule has 0 unspecified atom stereocenters. The zero-order chi connectivity index (χ0) is 21.7. The minimum Gasteiger partial charge on any atom is -0.497 e. The van der Waals surface area contributed by atoms with Crippen molar-refractivity contribution in [3.8, 4) is 17.2 Å². The first kappa shape index (κ1) is 21.0. The van der Waals surface area contributed by atoms with Crippen molar-refractivity contribution < 1.29 is 23.8 Å². The van der Waals surface area contributed by atoms with Crippen LogP contribution in [0.1, 0.15) is 12.5 Å². The monoisotopic (exact) mass is 408 g/mol. The summed E-state index contributed by atoms with van der Waals surface area (Å²) in [5, 5.41) is 3.09. The summed E-state index contributed by atoms with van der Waals surface area (Å²) < 4.78 is 16.1. The summed E-state index contributed by atoms with van der Waals surface area (Å²) in [5.74, 6) is 0.962. The minimum atomic E-state index is -0.429. The average Bonchev–Trinajstić information content (AvgIpc) is 2.99. The first-order chi connectivity index (χ1) is 14.5. The zero-order valence-corrected chi connectivity index (χ0v) is 17.2. The fraction of sp³-hybridized carbons (Fsp3) is 0.217. The average molecular weight is 408 g/mol. The molecule has 2 aromatic rings. The third-order valence-corrected chi connectivity index (χ3v) is 4.60. The van der Waals surface area contributed by atoms with E-state index >= 15 is 0 Å². The second kappa shape index (κ2) is 9.17. The van der Waals surface area contributed by atoms with Crippen molar-refractivity contribution in [3.05, 3.63) is 66.4 Å². The minimum absolute atomic E-state index is 0.114. The van der Waals surface area contributed by atoms with E-state index < -0.39 is 5.91 Å². The Kier molecular flexibility index (Phi) is 6.41. The van der Waals surface area contributed by atoms with Gasteiger partial charge in [0.05, 0.1) is 32.1 Å². The first-order valence-electron chi connectivity index (χ1n) is 9.47. The number of anilines is 1. The molecule has 7 nitrogen and oxygen atoms in total. The first-order valence-corrected chi connectivity index (χ1v) is 9.47. The Morgan fingerprint density at radius 3 is 2.30 bits per heavy atom. The third-order valence-electron chi connectivity index (χ3n) is 4.60. The van der Waals surface area contributed by atoms with E-state index in [2.05, 4.69) is 11.9 Å². The molecule has 0 bridgehead atoms. The van der Waals surface area contributed by atoms with Crippen LogP contribution in [-0.2, 0) is 9.59 Å². The normalized spacial score (nSPS) is 13.5. The van der Waals surface area contributed by atoms with Gasteiger partial charge in [0.25, 0.3) is 11.8 Å². The van der Waals surface area contributed by atoms with Gasteiger partial charge in [0, 0.05) is 12.6 Å².